The summed E-state index contributed by atoms with van der Waals surface area (Å²) in [6, 6.07) is 4.06. The van der Waals surface area contributed by atoms with Gasteiger partial charge in [-0.1, -0.05) is 53.7 Å². The Morgan fingerprint density at radius 2 is 1.51 bits per heavy atom. The minimum atomic E-state index is -0.201. The van der Waals surface area contributed by atoms with Crippen LogP contribution in [0, 0.1) is 0 Å². The number of carbonyl (C=O) groups excluding carboxylic acids is 1. The summed E-state index contributed by atoms with van der Waals surface area (Å²) in [4.78, 5) is 28.3. The summed E-state index contributed by atoms with van der Waals surface area (Å²) in [5.74, 6) is 1.94. The van der Waals surface area contributed by atoms with Crippen LogP contribution in [0.5, 0.6) is 5.75 Å². The SMILES string of the molecule is CCNc1nc(CNC(=O)CCc2cc(C(C)(C)C)c(O)c(C(C)(C)C)c2)nc(N(CC)CC)n1. The molecule has 0 spiro atoms. The van der Waals surface area contributed by atoms with Crippen molar-refractivity contribution in [1.82, 2.24) is 20.3 Å². The van der Waals surface area contributed by atoms with Gasteiger partial charge in [0, 0.05) is 26.1 Å². The van der Waals surface area contributed by atoms with Gasteiger partial charge in [-0.2, -0.15) is 15.0 Å². The van der Waals surface area contributed by atoms with E-state index >= 15 is 0 Å². The molecule has 8 nitrogen and oxygen atoms in total. The molecule has 0 aliphatic carbocycles. The monoisotopic (exact) mass is 484 g/mol. The van der Waals surface area contributed by atoms with E-state index in [9.17, 15) is 9.90 Å². The fourth-order valence-electron chi connectivity index (χ4n) is 3.88. The van der Waals surface area contributed by atoms with E-state index in [0.29, 0.717) is 42.9 Å². The average Bonchev–Trinajstić information content (AvgIpc) is 2.76. The number of phenols is 1. The van der Waals surface area contributed by atoms with E-state index in [1.807, 2.05) is 19.1 Å². The van der Waals surface area contributed by atoms with Crippen molar-refractivity contribution < 1.29 is 9.90 Å². The lowest BCUT2D eigenvalue weighted by molar-refractivity contribution is -0.121. The molecule has 1 heterocycles. The number of nitrogens with one attached hydrogen (secondary N) is 2. The van der Waals surface area contributed by atoms with E-state index in [1.54, 1.807) is 0 Å². The van der Waals surface area contributed by atoms with Crippen molar-refractivity contribution in [3.8, 4) is 5.75 Å². The summed E-state index contributed by atoms with van der Waals surface area (Å²) >= 11 is 0. The number of aryl methyl sites for hydroxylation is 1. The largest absolute Gasteiger partial charge is 0.507 e. The van der Waals surface area contributed by atoms with Crippen LogP contribution < -0.4 is 15.5 Å². The minimum absolute atomic E-state index is 0.0671. The van der Waals surface area contributed by atoms with Crippen molar-refractivity contribution in [2.75, 3.05) is 29.9 Å². The Balaban J connectivity index is 2.15. The number of hydrogen-bond donors (Lipinski definition) is 3. The van der Waals surface area contributed by atoms with E-state index in [2.05, 4.69) is 85.9 Å². The lowest BCUT2D eigenvalue weighted by atomic mass is 9.78. The number of rotatable bonds is 10. The maximum atomic E-state index is 12.7. The van der Waals surface area contributed by atoms with E-state index < -0.39 is 0 Å². The first-order chi connectivity index (χ1) is 16.3. The van der Waals surface area contributed by atoms with Gasteiger partial charge in [0.2, 0.25) is 17.8 Å². The molecule has 0 bridgehead atoms. The average molecular weight is 485 g/mol. The molecule has 0 aliphatic rings. The molecular formula is C27H44N6O2. The molecule has 0 unspecified atom stereocenters. The number of amides is 1. The molecule has 0 fully saturated rings. The Labute approximate surface area is 211 Å². The van der Waals surface area contributed by atoms with Crippen LogP contribution in [0.3, 0.4) is 0 Å². The number of hydrogen-bond acceptors (Lipinski definition) is 7. The topological polar surface area (TPSA) is 103 Å². The second-order valence-electron chi connectivity index (χ2n) is 10.9. The minimum Gasteiger partial charge on any atom is -0.507 e. The molecule has 35 heavy (non-hydrogen) atoms. The van der Waals surface area contributed by atoms with Crippen LogP contribution in [0.15, 0.2) is 12.1 Å². The first kappa shape index (κ1) is 28.3. The van der Waals surface area contributed by atoms with Gasteiger partial charge in [-0.25, -0.2) is 0 Å². The molecule has 1 amide bonds. The number of phenolic OH excluding ortho intramolecular Hbond substituents is 1. The van der Waals surface area contributed by atoms with Crippen LogP contribution >= 0.6 is 0 Å². The van der Waals surface area contributed by atoms with E-state index in [4.69, 9.17) is 0 Å². The summed E-state index contributed by atoms with van der Waals surface area (Å²) in [6.07, 6.45) is 0.925. The van der Waals surface area contributed by atoms with Crippen LogP contribution in [-0.2, 0) is 28.6 Å². The molecule has 0 radical (unpaired) electrons. The third kappa shape index (κ3) is 7.80. The van der Waals surface area contributed by atoms with Gasteiger partial charge in [0.1, 0.15) is 5.75 Å². The molecule has 0 aliphatic heterocycles. The van der Waals surface area contributed by atoms with E-state index in [0.717, 1.165) is 29.8 Å². The van der Waals surface area contributed by atoms with Crippen LogP contribution in [0.2, 0.25) is 0 Å². The molecule has 1 aromatic carbocycles. The maximum absolute atomic E-state index is 12.7. The fourth-order valence-corrected chi connectivity index (χ4v) is 3.88. The number of carbonyl (C=O) groups is 1. The number of anilines is 2. The first-order valence-corrected chi connectivity index (χ1v) is 12.7. The molecule has 2 rings (SSSR count). The van der Waals surface area contributed by atoms with Gasteiger partial charge in [0.25, 0.3) is 0 Å². The van der Waals surface area contributed by atoms with Gasteiger partial charge in [0.05, 0.1) is 6.54 Å². The summed E-state index contributed by atoms with van der Waals surface area (Å²) < 4.78 is 0. The summed E-state index contributed by atoms with van der Waals surface area (Å²) in [6.45, 7) is 21.2. The van der Waals surface area contributed by atoms with Crippen molar-refractivity contribution in [3.05, 3.63) is 34.6 Å². The maximum Gasteiger partial charge on any atom is 0.230 e. The molecule has 1 aromatic heterocycles. The Morgan fingerprint density at radius 1 is 0.943 bits per heavy atom. The zero-order valence-corrected chi connectivity index (χ0v) is 23.0. The second kappa shape index (κ2) is 11.7. The lowest BCUT2D eigenvalue weighted by Crippen LogP contribution is -2.28. The first-order valence-electron chi connectivity index (χ1n) is 12.7. The van der Waals surface area contributed by atoms with E-state index in [1.165, 1.54) is 0 Å². The van der Waals surface area contributed by atoms with Crippen molar-refractivity contribution in [2.45, 2.75) is 92.5 Å². The van der Waals surface area contributed by atoms with E-state index in [-0.39, 0.29) is 23.3 Å². The van der Waals surface area contributed by atoms with Gasteiger partial charge >= 0.3 is 0 Å². The highest BCUT2D eigenvalue weighted by Gasteiger charge is 2.26. The van der Waals surface area contributed by atoms with Crippen molar-refractivity contribution >= 4 is 17.8 Å². The summed E-state index contributed by atoms with van der Waals surface area (Å²) in [5, 5.41) is 17.0. The van der Waals surface area contributed by atoms with Crippen molar-refractivity contribution in [2.24, 2.45) is 0 Å². The molecule has 0 atom stereocenters. The molecule has 2 aromatic rings. The van der Waals surface area contributed by atoms with Crippen LogP contribution in [0.25, 0.3) is 0 Å². The Morgan fingerprint density at radius 3 is 2.00 bits per heavy atom. The highest BCUT2D eigenvalue weighted by atomic mass is 16.3. The fraction of sp³-hybridized carbons (Fsp3) is 0.630. The molecule has 8 heteroatoms. The molecular weight excluding hydrogens is 440 g/mol. The zero-order chi connectivity index (χ0) is 26.4. The predicted octanol–water partition coefficient (Wildman–Crippen LogP) is 4.70. The normalized spacial score (nSPS) is 11.9. The zero-order valence-electron chi connectivity index (χ0n) is 23.0. The van der Waals surface area contributed by atoms with Gasteiger partial charge in [-0.05, 0) is 54.7 Å². The molecule has 194 valence electrons. The van der Waals surface area contributed by atoms with Gasteiger partial charge in [-0.3, -0.25) is 4.79 Å². The molecule has 0 saturated heterocycles. The quantitative estimate of drug-likeness (QED) is 0.449. The predicted molar refractivity (Wildman–Crippen MR) is 143 cm³/mol. The van der Waals surface area contributed by atoms with Gasteiger partial charge < -0.3 is 20.6 Å². The highest BCUT2D eigenvalue weighted by molar-refractivity contribution is 5.76. The number of aromatic hydroxyl groups is 1. The van der Waals surface area contributed by atoms with Gasteiger partial charge in [-0.15, -0.1) is 0 Å². The summed E-state index contributed by atoms with van der Waals surface area (Å²) in [5.41, 5.74) is 2.46. The Hall–Kier alpha value is -2.90. The number of aromatic nitrogens is 3. The summed E-state index contributed by atoms with van der Waals surface area (Å²) in [7, 11) is 0. The number of benzene rings is 1. The standard InChI is InChI=1S/C27H44N6O2/c1-10-28-24-30-21(31-25(32-24)33(11-2)12-3)17-29-22(34)14-13-18-15-19(26(4,5)6)23(35)20(16-18)27(7,8)9/h15-16,35H,10-14,17H2,1-9H3,(H,29,34)(H,28,30,31,32). The van der Waals surface area contributed by atoms with Crippen LogP contribution in [0.1, 0.15) is 91.2 Å². The Kier molecular flexibility index (Phi) is 9.46. The lowest BCUT2D eigenvalue weighted by Gasteiger charge is -2.28. The van der Waals surface area contributed by atoms with Crippen molar-refractivity contribution in [1.29, 1.82) is 0 Å². The highest BCUT2D eigenvalue weighted by Crippen LogP contribution is 2.40. The molecule has 3 N–H and O–H groups in total. The van der Waals surface area contributed by atoms with Gasteiger partial charge in [0.15, 0.2) is 5.82 Å². The third-order valence-electron chi connectivity index (χ3n) is 5.92. The van der Waals surface area contributed by atoms with Crippen LogP contribution in [0.4, 0.5) is 11.9 Å². The Bertz CT molecular complexity index is 969. The molecule has 0 saturated carbocycles. The number of nitrogens with zero attached hydrogens (tertiary/aromatic N) is 4. The van der Waals surface area contributed by atoms with Crippen LogP contribution in [-0.4, -0.2) is 45.6 Å². The third-order valence-corrected chi connectivity index (χ3v) is 5.92. The second-order valence-corrected chi connectivity index (χ2v) is 10.9. The van der Waals surface area contributed by atoms with Crippen molar-refractivity contribution in [3.63, 3.8) is 0 Å². The smallest absolute Gasteiger partial charge is 0.230 e.